The van der Waals surface area contributed by atoms with Crippen LogP contribution in [0.5, 0.6) is 0 Å². The van der Waals surface area contributed by atoms with Crippen molar-refractivity contribution in [3.63, 3.8) is 0 Å². The van der Waals surface area contributed by atoms with Crippen LogP contribution in [0.1, 0.15) is 57.8 Å². The highest BCUT2D eigenvalue weighted by molar-refractivity contribution is 5.86. The van der Waals surface area contributed by atoms with Crippen molar-refractivity contribution in [1.29, 1.82) is 5.41 Å². The first-order chi connectivity index (χ1) is 34.5. The van der Waals surface area contributed by atoms with Gasteiger partial charge in [0.15, 0.2) is 10.1 Å². The lowest BCUT2D eigenvalue weighted by molar-refractivity contribution is -0.526. The molecule has 3 unspecified atom stereocenters. The Morgan fingerprint density at radius 1 is 0.667 bits per heavy atom. The van der Waals surface area contributed by atoms with Crippen molar-refractivity contribution < 1.29 is 15.0 Å². The Hall–Kier alpha value is -7.70. The molecule has 0 aliphatic carbocycles. The molecule has 7 N–H and O–H groups in total. The molecule has 3 aliphatic rings. The number of likely N-dealkylation sites (tertiary alicyclic amines) is 3. The number of aromatic nitrogens is 3. The number of hydrogen-bond donors (Lipinski definition) is 5. The number of non-ortho nitro benzene ring substituents is 1. The third-order valence-corrected chi connectivity index (χ3v) is 13.7. The summed E-state index contributed by atoms with van der Waals surface area (Å²) in [6.07, 6.45) is 17.6. The minimum atomic E-state index is -0.954. The summed E-state index contributed by atoms with van der Waals surface area (Å²) >= 11 is 0. The number of guanidine groups is 2. The maximum atomic E-state index is 10.8. The number of nitroso groups, excluding NO2 is 1. The average molecular weight is 994 g/mol. The van der Waals surface area contributed by atoms with Gasteiger partial charge in [0.25, 0.3) is 17.6 Å². The number of nitrogens with two attached hydrogens (primary N) is 2. The third kappa shape index (κ3) is 14.9. The summed E-state index contributed by atoms with van der Waals surface area (Å²) in [7, 11) is 7.74. The van der Waals surface area contributed by atoms with Gasteiger partial charge in [-0.2, -0.15) is 5.01 Å². The maximum absolute atomic E-state index is 10.8. The molecule has 0 bridgehead atoms. The Bertz CT molecular complexity index is 2840. The van der Waals surface area contributed by atoms with Gasteiger partial charge >= 0.3 is 0 Å². The number of nitrogens with one attached hydrogen (secondary N) is 3. The predicted molar refractivity (Wildman–Crippen MR) is 281 cm³/mol. The quantitative estimate of drug-likeness (QED) is 0.0185. The standard InChI is InChI=1S/C16H22N6O2.C15H19N3O2.C15H21N3.C2H5N5O3/c1-20-8-2-3-14(20)7-10-21-9-6-12-11-13(4-5-15(12)21)18-16(17)19-22(23)24;1-16-8-2-3-13(16)7-10-17-9-6-12-11-14(18(19)20)4-5-15(12)17;1-17-8-2-3-14(17)7-10-18-9-6-12-11-13(16)4-5-15(12)18;1-6(5-8)2(3)4-7(9)10/h4-6,9,11,14H,2-3,7-8,10H2,1H3,(H3,17,18,19);4-6,9,11,13H,2-3,7-8,10H2,1H3;4-6,9,11,14H,2-3,7-8,10,16H2,1H3;1H3,(H2,3,4). The van der Waals surface area contributed by atoms with Gasteiger partial charge in [0.1, 0.15) is 0 Å². The van der Waals surface area contributed by atoms with Gasteiger partial charge in [-0.05, 0) is 159 Å². The van der Waals surface area contributed by atoms with Crippen molar-refractivity contribution in [2.75, 3.05) is 53.6 Å². The summed E-state index contributed by atoms with van der Waals surface area (Å²) in [5, 5.41) is 41.7. The summed E-state index contributed by atoms with van der Waals surface area (Å²) in [5.41, 5.74) is 19.7. The molecule has 3 aromatic carbocycles. The normalized spacial score (nSPS) is 18.2. The molecular formula is C48H67N17O7. The fourth-order valence-corrected chi connectivity index (χ4v) is 9.72. The number of anilines is 1. The predicted octanol–water partition coefficient (Wildman–Crippen LogP) is 6.91. The summed E-state index contributed by atoms with van der Waals surface area (Å²) in [5.74, 6) is -0.914. The number of aliphatic imine (C=N–C) groups is 1. The fraction of sp³-hybridized carbons (Fsp3) is 0.458. The van der Waals surface area contributed by atoms with Crippen LogP contribution in [0.15, 0.2) is 102 Å². The largest absolute Gasteiger partial charge is 0.399 e. The number of nitrogen functional groups attached to an aromatic ring is 1. The molecular weight excluding hydrogens is 927 g/mol. The van der Waals surface area contributed by atoms with Crippen LogP contribution < -0.4 is 22.3 Å². The van der Waals surface area contributed by atoms with Crippen molar-refractivity contribution in [1.82, 2.24) is 44.3 Å². The molecule has 3 atom stereocenters. The van der Waals surface area contributed by atoms with Gasteiger partial charge in [-0.3, -0.25) is 15.5 Å². The van der Waals surface area contributed by atoms with Gasteiger partial charge in [0.05, 0.1) is 15.9 Å². The molecule has 0 saturated carbocycles. The third-order valence-electron chi connectivity index (χ3n) is 13.7. The van der Waals surface area contributed by atoms with Crippen molar-refractivity contribution in [3.05, 3.63) is 127 Å². The number of rotatable bonds is 14. The highest BCUT2D eigenvalue weighted by atomic mass is 16.7. The lowest BCUT2D eigenvalue weighted by Crippen LogP contribution is -2.38. The van der Waals surface area contributed by atoms with Crippen LogP contribution in [-0.4, -0.2) is 126 Å². The van der Waals surface area contributed by atoms with E-state index in [-0.39, 0.29) is 16.6 Å². The second kappa shape index (κ2) is 25.4. The van der Waals surface area contributed by atoms with E-state index < -0.39 is 16.0 Å². The van der Waals surface area contributed by atoms with Crippen LogP contribution in [0.25, 0.3) is 32.7 Å². The van der Waals surface area contributed by atoms with E-state index in [0.29, 0.717) is 22.8 Å². The number of nitro benzene ring substituents is 1. The van der Waals surface area contributed by atoms with E-state index in [1.165, 1.54) is 80.9 Å². The van der Waals surface area contributed by atoms with Crippen LogP contribution >= 0.6 is 0 Å². The Labute approximate surface area is 417 Å². The Morgan fingerprint density at radius 2 is 1.10 bits per heavy atom. The van der Waals surface area contributed by atoms with E-state index in [2.05, 4.69) is 84.3 Å². The minimum absolute atomic E-state index is 0.158. The van der Waals surface area contributed by atoms with Crippen LogP contribution in [0, 0.1) is 40.7 Å². The zero-order valence-electron chi connectivity index (χ0n) is 41.4. The number of aryl methyl sites for hydroxylation is 3. The number of nitro groups is 3. The molecule has 0 amide bonds. The number of fused-ring (bicyclic) bond motifs is 3. The lowest BCUT2D eigenvalue weighted by atomic mass is 10.1. The average Bonchev–Trinajstić information content (AvgIpc) is 4.23. The smallest absolute Gasteiger partial charge is 0.276 e. The number of nitrogens with zero attached hydrogens (tertiary/aromatic N) is 12. The summed E-state index contributed by atoms with van der Waals surface area (Å²) < 4.78 is 6.79. The molecule has 3 aliphatic heterocycles. The van der Waals surface area contributed by atoms with Gasteiger partial charge in [-0.1, -0.05) is 10.9 Å². The molecule has 3 aromatic heterocycles. The first-order valence-corrected chi connectivity index (χ1v) is 24.1. The molecule has 9 rings (SSSR count). The molecule has 0 spiro atoms. The minimum Gasteiger partial charge on any atom is -0.399 e. The van der Waals surface area contributed by atoms with E-state index >= 15 is 0 Å². The van der Waals surface area contributed by atoms with Crippen molar-refractivity contribution in [3.8, 4) is 0 Å². The van der Waals surface area contributed by atoms with Crippen LogP contribution in [0.4, 0.5) is 17.1 Å². The topological polar surface area (TPSA) is 299 Å². The summed E-state index contributed by atoms with van der Waals surface area (Å²) in [6, 6.07) is 25.2. The second-order valence-corrected chi connectivity index (χ2v) is 18.5. The van der Waals surface area contributed by atoms with Gasteiger partial charge in [0, 0.05) is 114 Å². The SMILES string of the molecule is CN(N=O)C(=N)N[N+](=O)[O-].CN1CCCC1CCn1ccc2cc(N)ccc21.CN1CCCC1CCn1ccc2cc(N=C(N)N[N+](=O)[O-])ccc21.CN1CCCC1CCn1ccc2cc([N+](=O)[O-])ccc21. The van der Waals surface area contributed by atoms with Gasteiger partial charge in [0.2, 0.25) is 0 Å². The monoisotopic (exact) mass is 994 g/mol. The Morgan fingerprint density at radius 3 is 1.51 bits per heavy atom. The van der Waals surface area contributed by atoms with E-state index in [9.17, 15) is 35.3 Å². The number of hydrazine groups is 2. The highest BCUT2D eigenvalue weighted by Gasteiger charge is 2.23. The van der Waals surface area contributed by atoms with Crippen molar-refractivity contribution >= 4 is 61.7 Å². The van der Waals surface area contributed by atoms with Crippen LogP contribution in [0.3, 0.4) is 0 Å². The Kier molecular flexibility index (Phi) is 18.9. The second-order valence-electron chi connectivity index (χ2n) is 18.5. The van der Waals surface area contributed by atoms with Crippen LogP contribution in [0.2, 0.25) is 0 Å². The molecule has 3 fully saturated rings. The first-order valence-electron chi connectivity index (χ1n) is 24.1. The van der Waals surface area contributed by atoms with Crippen LogP contribution in [-0.2, 0) is 19.6 Å². The van der Waals surface area contributed by atoms with Gasteiger partial charge in [-0.25, -0.2) is 25.2 Å². The molecule has 72 heavy (non-hydrogen) atoms. The zero-order chi connectivity index (χ0) is 51.9. The molecule has 6 aromatic rings. The zero-order valence-corrected chi connectivity index (χ0v) is 41.4. The first kappa shape index (κ1) is 53.6. The van der Waals surface area contributed by atoms with E-state index in [1.807, 2.05) is 60.2 Å². The number of benzene rings is 3. The van der Waals surface area contributed by atoms with Gasteiger partial charge < -0.3 is 39.9 Å². The van der Waals surface area contributed by atoms with E-state index in [4.69, 9.17) is 16.9 Å². The summed E-state index contributed by atoms with van der Waals surface area (Å²) in [4.78, 5) is 51.4. The van der Waals surface area contributed by atoms with E-state index in [0.717, 1.165) is 73.1 Å². The molecule has 0 radical (unpaired) electrons. The lowest BCUT2D eigenvalue weighted by Gasteiger charge is -2.19. The van der Waals surface area contributed by atoms with Gasteiger partial charge in [-0.15, -0.1) is 4.91 Å². The molecule has 6 heterocycles. The van der Waals surface area contributed by atoms with E-state index in [1.54, 1.807) is 12.1 Å². The van der Waals surface area contributed by atoms with Crippen molar-refractivity contribution in [2.45, 2.75) is 95.5 Å². The fourth-order valence-electron chi connectivity index (χ4n) is 9.72. The molecule has 386 valence electrons. The maximum Gasteiger partial charge on any atom is 0.276 e. The summed E-state index contributed by atoms with van der Waals surface area (Å²) in [6.45, 7) is 6.69. The highest BCUT2D eigenvalue weighted by Crippen LogP contribution is 2.27. The Balaban J connectivity index is 0.000000163. The molecule has 24 nitrogen and oxygen atoms in total. The number of hydrogen-bond acceptors (Lipinski definition) is 14. The molecule has 3 saturated heterocycles. The van der Waals surface area contributed by atoms with Crippen molar-refractivity contribution in [2.24, 2.45) is 16.0 Å². The molecule has 24 heteroatoms.